The van der Waals surface area contributed by atoms with Gasteiger partial charge in [0.2, 0.25) is 0 Å². The second-order valence-electron chi connectivity index (χ2n) is 4.31. The van der Waals surface area contributed by atoms with Crippen LogP contribution in [-0.4, -0.2) is 28.6 Å². The van der Waals surface area contributed by atoms with E-state index < -0.39 is 5.97 Å². The van der Waals surface area contributed by atoms with Gasteiger partial charge in [-0.15, -0.1) is 0 Å². The van der Waals surface area contributed by atoms with E-state index in [4.69, 9.17) is 5.11 Å². The van der Waals surface area contributed by atoms with Gasteiger partial charge in [-0.1, -0.05) is 15.9 Å². The molecule has 0 spiro atoms. The largest absolute Gasteiger partial charge is 0.478 e. The summed E-state index contributed by atoms with van der Waals surface area (Å²) >= 11 is 5.09. The van der Waals surface area contributed by atoms with Crippen LogP contribution in [0.15, 0.2) is 22.7 Å². The zero-order chi connectivity index (χ0) is 13.1. The second kappa shape index (κ2) is 5.78. The molecule has 0 aliphatic heterocycles. The third-order valence-corrected chi connectivity index (χ3v) is 4.21. The van der Waals surface area contributed by atoms with Crippen LogP contribution in [0.25, 0.3) is 0 Å². The lowest BCUT2D eigenvalue weighted by Crippen LogP contribution is -2.26. The van der Waals surface area contributed by atoms with E-state index in [1.54, 1.807) is 30.0 Å². The summed E-state index contributed by atoms with van der Waals surface area (Å²) in [7, 11) is 0. The molecule has 0 aliphatic rings. The molecule has 1 aromatic carbocycles. The predicted octanol–water partition coefficient (Wildman–Crippen LogP) is 3.70. The van der Waals surface area contributed by atoms with Gasteiger partial charge in [0.15, 0.2) is 0 Å². The summed E-state index contributed by atoms with van der Waals surface area (Å²) in [5.41, 5.74) is 0.944. The summed E-state index contributed by atoms with van der Waals surface area (Å²) in [6.45, 7) is 4.94. The molecule has 0 saturated carbocycles. The van der Waals surface area contributed by atoms with Gasteiger partial charge in [0.05, 0.1) is 5.56 Å². The van der Waals surface area contributed by atoms with Crippen molar-refractivity contribution in [1.29, 1.82) is 0 Å². The Bertz CT molecular complexity index is 421. The third-order valence-electron chi connectivity index (χ3n) is 2.47. The summed E-state index contributed by atoms with van der Waals surface area (Å²) in [5, 5.41) is 12.3. The number of aromatic carboxylic acids is 1. The molecular formula is C12H16BrNO2S. The summed E-state index contributed by atoms with van der Waals surface area (Å²) in [6.07, 6.45) is 2.04. The van der Waals surface area contributed by atoms with Crippen molar-refractivity contribution in [1.82, 2.24) is 0 Å². The fourth-order valence-electron chi connectivity index (χ4n) is 1.23. The summed E-state index contributed by atoms with van der Waals surface area (Å²) in [5.74, 6) is -0.915. The number of carboxylic acid groups (broad SMARTS) is 1. The molecule has 0 bridgehead atoms. The van der Waals surface area contributed by atoms with Gasteiger partial charge in [-0.25, -0.2) is 4.79 Å². The van der Waals surface area contributed by atoms with Crippen molar-refractivity contribution in [3.63, 3.8) is 0 Å². The fourth-order valence-corrected chi connectivity index (χ4v) is 1.81. The highest BCUT2D eigenvalue weighted by Gasteiger charge is 2.17. The van der Waals surface area contributed by atoms with E-state index in [-0.39, 0.29) is 4.75 Å². The van der Waals surface area contributed by atoms with Crippen molar-refractivity contribution in [2.24, 2.45) is 0 Å². The summed E-state index contributed by atoms with van der Waals surface area (Å²) in [6, 6.07) is 5.12. The van der Waals surface area contributed by atoms with Crippen LogP contribution in [0.2, 0.25) is 0 Å². The Morgan fingerprint density at radius 1 is 1.53 bits per heavy atom. The van der Waals surface area contributed by atoms with Crippen LogP contribution in [0.3, 0.4) is 0 Å². The number of thioether (sulfide) groups is 1. The summed E-state index contributed by atoms with van der Waals surface area (Å²) < 4.78 is 0.935. The molecule has 0 amide bonds. The van der Waals surface area contributed by atoms with Gasteiger partial charge in [0.25, 0.3) is 0 Å². The Balaban J connectivity index is 2.89. The van der Waals surface area contributed by atoms with E-state index in [2.05, 4.69) is 35.1 Å². The first kappa shape index (κ1) is 14.4. The molecule has 0 fully saturated rings. The number of anilines is 1. The lowest BCUT2D eigenvalue weighted by molar-refractivity contribution is 0.0698. The number of hydrogen-bond acceptors (Lipinski definition) is 3. The minimum absolute atomic E-state index is 0.0676. The molecule has 0 atom stereocenters. The molecule has 94 valence electrons. The average Bonchev–Trinajstić information content (AvgIpc) is 2.26. The average molecular weight is 318 g/mol. The van der Waals surface area contributed by atoms with E-state index in [1.165, 1.54) is 0 Å². The topological polar surface area (TPSA) is 49.3 Å². The molecule has 0 saturated heterocycles. The highest BCUT2D eigenvalue weighted by Crippen LogP contribution is 2.25. The van der Waals surface area contributed by atoms with Crippen LogP contribution in [0, 0.1) is 0 Å². The third kappa shape index (κ3) is 4.24. The van der Waals surface area contributed by atoms with Crippen LogP contribution in [0.4, 0.5) is 5.69 Å². The van der Waals surface area contributed by atoms with Crippen molar-refractivity contribution in [3.8, 4) is 0 Å². The van der Waals surface area contributed by atoms with Crippen molar-refractivity contribution < 1.29 is 9.90 Å². The smallest absolute Gasteiger partial charge is 0.337 e. The summed E-state index contributed by atoms with van der Waals surface area (Å²) in [4.78, 5) is 11.1. The fraction of sp³-hybridized carbons (Fsp3) is 0.417. The minimum atomic E-state index is -0.915. The normalized spacial score (nSPS) is 11.3. The maximum Gasteiger partial charge on any atom is 0.337 e. The molecule has 3 nitrogen and oxygen atoms in total. The lowest BCUT2D eigenvalue weighted by atomic mass is 10.1. The quantitative estimate of drug-likeness (QED) is 0.869. The molecule has 0 unspecified atom stereocenters. The first-order chi connectivity index (χ1) is 7.85. The Labute approximate surface area is 114 Å². The standard InChI is InChI=1S/C12H16BrNO2S/c1-12(2,17-3)7-14-10-6-8(13)4-5-9(10)11(15)16/h4-6,14H,7H2,1-3H3,(H,15,16). The molecular weight excluding hydrogens is 302 g/mol. The lowest BCUT2D eigenvalue weighted by Gasteiger charge is -2.23. The number of benzene rings is 1. The minimum Gasteiger partial charge on any atom is -0.478 e. The van der Waals surface area contributed by atoms with Gasteiger partial charge in [-0.2, -0.15) is 11.8 Å². The van der Waals surface area contributed by atoms with E-state index in [1.807, 2.05) is 6.26 Å². The van der Waals surface area contributed by atoms with Crippen LogP contribution in [0.5, 0.6) is 0 Å². The monoisotopic (exact) mass is 317 g/mol. The van der Waals surface area contributed by atoms with Crippen LogP contribution >= 0.6 is 27.7 Å². The van der Waals surface area contributed by atoms with Crippen molar-refractivity contribution in [3.05, 3.63) is 28.2 Å². The van der Waals surface area contributed by atoms with Gasteiger partial charge in [0.1, 0.15) is 0 Å². The van der Waals surface area contributed by atoms with E-state index >= 15 is 0 Å². The SMILES string of the molecule is CSC(C)(C)CNc1cc(Br)ccc1C(=O)O. The highest BCUT2D eigenvalue weighted by molar-refractivity contribution is 9.10. The zero-order valence-electron chi connectivity index (χ0n) is 10.1. The maximum absolute atomic E-state index is 11.1. The number of halogens is 1. The molecule has 0 aromatic heterocycles. The first-order valence-corrected chi connectivity index (χ1v) is 7.19. The second-order valence-corrected chi connectivity index (χ2v) is 6.74. The Morgan fingerprint density at radius 3 is 2.71 bits per heavy atom. The van der Waals surface area contributed by atoms with Gasteiger partial charge in [-0.05, 0) is 38.3 Å². The Morgan fingerprint density at radius 2 is 2.18 bits per heavy atom. The Kier molecular flexibility index (Phi) is 4.89. The van der Waals surface area contributed by atoms with Crippen LogP contribution in [0.1, 0.15) is 24.2 Å². The van der Waals surface area contributed by atoms with E-state index in [0.717, 1.165) is 4.47 Å². The molecule has 5 heteroatoms. The van der Waals surface area contributed by atoms with Crippen molar-refractivity contribution in [2.75, 3.05) is 18.1 Å². The van der Waals surface area contributed by atoms with Gasteiger partial charge < -0.3 is 10.4 Å². The van der Waals surface area contributed by atoms with E-state index in [9.17, 15) is 4.79 Å². The number of carboxylic acids is 1. The first-order valence-electron chi connectivity index (χ1n) is 5.17. The maximum atomic E-state index is 11.1. The van der Waals surface area contributed by atoms with Crippen molar-refractivity contribution >= 4 is 39.3 Å². The van der Waals surface area contributed by atoms with Gasteiger partial charge in [-0.3, -0.25) is 0 Å². The predicted molar refractivity (Wildman–Crippen MR) is 77.2 cm³/mol. The number of hydrogen-bond donors (Lipinski definition) is 2. The molecule has 2 N–H and O–H groups in total. The van der Waals surface area contributed by atoms with E-state index in [0.29, 0.717) is 17.8 Å². The molecule has 0 heterocycles. The molecule has 1 aromatic rings. The molecule has 1 rings (SSSR count). The molecule has 17 heavy (non-hydrogen) atoms. The molecule has 0 radical (unpaired) electrons. The zero-order valence-corrected chi connectivity index (χ0v) is 12.5. The van der Waals surface area contributed by atoms with Crippen LogP contribution in [-0.2, 0) is 0 Å². The van der Waals surface area contributed by atoms with Crippen molar-refractivity contribution in [2.45, 2.75) is 18.6 Å². The van der Waals surface area contributed by atoms with Gasteiger partial charge in [0, 0.05) is 21.5 Å². The van der Waals surface area contributed by atoms with Crippen LogP contribution < -0.4 is 5.32 Å². The Hall–Kier alpha value is -0.680. The number of nitrogens with one attached hydrogen (secondary N) is 1. The number of carbonyl (C=O) groups is 1. The molecule has 0 aliphatic carbocycles. The highest BCUT2D eigenvalue weighted by atomic mass is 79.9. The van der Waals surface area contributed by atoms with Gasteiger partial charge >= 0.3 is 5.97 Å². The number of rotatable bonds is 5.